The van der Waals surface area contributed by atoms with Crippen LogP contribution in [0, 0.1) is 0 Å². The van der Waals surface area contributed by atoms with Gasteiger partial charge >= 0.3 is 0 Å². The summed E-state index contributed by atoms with van der Waals surface area (Å²) in [7, 11) is 0. The summed E-state index contributed by atoms with van der Waals surface area (Å²) in [6.45, 7) is 3.63. The Morgan fingerprint density at radius 3 is 2.83 bits per heavy atom. The lowest BCUT2D eigenvalue weighted by molar-refractivity contribution is -0.121. The molecule has 1 aromatic heterocycles. The van der Waals surface area contributed by atoms with Gasteiger partial charge in [-0.25, -0.2) is 0 Å². The summed E-state index contributed by atoms with van der Waals surface area (Å²) in [5.74, 6) is 1.65. The number of hydrogen-bond donors (Lipinski definition) is 1. The Balaban J connectivity index is 1.56. The number of pyridine rings is 1. The first kappa shape index (κ1) is 15.3. The van der Waals surface area contributed by atoms with E-state index in [4.69, 9.17) is 9.47 Å². The zero-order valence-corrected chi connectivity index (χ0v) is 13.1. The molecule has 0 spiro atoms. The fourth-order valence-electron chi connectivity index (χ4n) is 2.53. The fraction of sp³-hybridized carbons (Fsp3) is 0.333. The van der Waals surface area contributed by atoms with Crippen LogP contribution in [0.1, 0.15) is 30.5 Å². The van der Waals surface area contributed by atoms with Crippen LogP contribution in [-0.2, 0) is 11.3 Å². The lowest BCUT2D eigenvalue weighted by Gasteiger charge is -2.20. The van der Waals surface area contributed by atoms with Crippen molar-refractivity contribution in [2.75, 3.05) is 13.2 Å². The molecule has 0 aliphatic carbocycles. The molecule has 1 aromatic carbocycles. The smallest absolute Gasteiger partial charge is 0.220 e. The summed E-state index contributed by atoms with van der Waals surface area (Å²) in [4.78, 5) is 16.3. The Morgan fingerprint density at radius 2 is 2.04 bits per heavy atom. The average molecular weight is 312 g/mol. The molecular weight excluding hydrogens is 292 g/mol. The predicted octanol–water partition coefficient (Wildman–Crippen LogP) is 2.66. The van der Waals surface area contributed by atoms with Gasteiger partial charge in [0.2, 0.25) is 5.91 Å². The molecule has 5 heteroatoms. The number of rotatable bonds is 5. The van der Waals surface area contributed by atoms with Gasteiger partial charge in [0.1, 0.15) is 13.2 Å². The molecular formula is C18H20N2O3. The van der Waals surface area contributed by atoms with Crippen LogP contribution in [0.2, 0.25) is 0 Å². The highest BCUT2D eigenvalue weighted by Gasteiger charge is 2.16. The SMILES string of the molecule is CC(CC(=O)NCc1ccccn1)c1ccc2c(c1)OCCO2. The molecule has 2 aromatic rings. The molecule has 3 rings (SSSR count). The highest BCUT2D eigenvalue weighted by molar-refractivity contribution is 5.76. The Kier molecular flexibility index (Phi) is 4.76. The normalized spacial score (nSPS) is 14.1. The molecule has 0 fully saturated rings. The fourth-order valence-corrected chi connectivity index (χ4v) is 2.53. The van der Waals surface area contributed by atoms with Crippen molar-refractivity contribution in [1.29, 1.82) is 0 Å². The molecule has 120 valence electrons. The molecule has 1 unspecified atom stereocenters. The first-order chi connectivity index (χ1) is 11.2. The zero-order valence-electron chi connectivity index (χ0n) is 13.1. The number of benzene rings is 1. The minimum atomic E-state index is 0.0121. The highest BCUT2D eigenvalue weighted by atomic mass is 16.6. The van der Waals surface area contributed by atoms with E-state index in [2.05, 4.69) is 10.3 Å². The van der Waals surface area contributed by atoms with E-state index in [-0.39, 0.29) is 11.8 Å². The number of carbonyl (C=O) groups excluding carboxylic acids is 1. The number of nitrogens with zero attached hydrogens (tertiary/aromatic N) is 1. The van der Waals surface area contributed by atoms with E-state index >= 15 is 0 Å². The van der Waals surface area contributed by atoms with Gasteiger partial charge in [-0.3, -0.25) is 9.78 Å². The van der Waals surface area contributed by atoms with Crippen LogP contribution in [0.3, 0.4) is 0 Å². The highest BCUT2D eigenvalue weighted by Crippen LogP contribution is 2.33. The largest absolute Gasteiger partial charge is 0.486 e. The molecule has 0 saturated carbocycles. The van der Waals surface area contributed by atoms with Crippen LogP contribution in [-0.4, -0.2) is 24.1 Å². The molecule has 1 N–H and O–H groups in total. The van der Waals surface area contributed by atoms with Crippen molar-refractivity contribution < 1.29 is 14.3 Å². The maximum Gasteiger partial charge on any atom is 0.220 e. The standard InChI is InChI=1S/C18H20N2O3/c1-13(10-18(21)20-12-15-4-2-3-7-19-15)14-5-6-16-17(11-14)23-9-8-22-16/h2-7,11,13H,8-10,12H2,1H3,(H,20,21). The van der Waals surface area contributed by atoms with Crippen molar-refractivity contribution in [2.24, 2.45) is 0 Å². The maximum atomic E-state index is 12.1. The number of hydrogen-bond acceptors (Lipinski definition) is 4. The van der Waals surface area contributed by atoms with Gasteiger partial charge in [0.15, 0.2) is 11.5 Å². The Morgan fingerprint density at radius 1 is 1.22 bits per heavy atom. The van der Waals surface area contributed by atoms with Gasteiger partial charge in [0.25, 0.3) is 0 Å². The van der Waals surface area contributed by atoms with E-state index in [0.29, 0.717) is 26.2 Å². The van der Waals surface area contributed by atoms with Crippen LogP contribution < -0.4 is 14.8 Å². The third-order valence-corrected chi connectivity index (χ3v) is 3.82. The second-order valence-corrected chi connectivity index (χ2v) is 5.61. The van der Waals surface area contributed by atoms with Crippen molar-refractivity contribution >= 4 is 5.91 Å². The van der Waals surface area contributed by atoms with Crippen LogP contribution in [0.25, 0.3) is 0 Å². The number of amides is 1. The summed E-state index contributed by atoms with van der Waals surface area (Å²) >= 11 is 0. The Bertz CT molecular complexity index is 673. The first-order valence-corrected chi connectivity index (χ1v) is 7.78. The maximum absolute atomic E-state index is 12.1. The van der Waals surface area contributed by atoms with E-state index < -0.39 is 0 Å². The predicted molar refractivity (Wildman–Crippen MR) is 86.5 cm³/mol. The van der Waals surface area contributed by atoms with E-state index in [1.807, 2.05) is 43.3 Å². The van der Waals surface area contributed by atoms with Crippen molar-refractivity contribution in [3.63, 3.8) is 0 Å². The second kappa shape index (κ2) is 7.13. The summed E-state index contributed by atoms with van der Waals surface area (Å²) in [6.07, 6.45) is 2.14. The lowest BCUT2D eigenvalue weighted by atomic mass is 9.97. The molecule has 1 aliphatic rings. The van der Waals surface area contributed by atoms with Crippen LogP contribution in [0.4, 0.5) is 0 Å². The Hall–Kier alpha value is -2.56. The van der Waals surface area contributed by atoms with E-state index in [9.17, 15) is 4.79 Å². The van der Waals surface area contributed by atoms with E-state index in [1.54, 1.807) is 6.20 Å². The quantitative estimate of drug-likeness (QED) is 0.922. The number of carbonyl (C=O) groups is 1. The van der Waals surface area contributed by atoms with Crippen LogP contribution in [0.15, 0.2) is 42.6 Å². The first-order valence-electron chi connectivity index (χ1n) is 7.78. The van der Waals surface area contributed by atoms with E-state index in [1.165, 1.54) is 0 Å². The van der Waals surface area contributed by atoms with Gasteiger partial charge in [0, 0.05) is 12.6 Å². The van der Waals surface area contributed by atoms with Gasteiger partial charge < -0.3 is 14.8 Å². The van der Waals surface area contributed by atoms with Crippen molar-refractivity contribution in [1.82, 2.24) is 10.3 Å². The van der Waals surface area contributed by atoms with Crippen LogP contribution in [0.5, 0.6) is 11.5 Å². The van der Waals surface area contributed by atoms with Gasteiger partial charge in [-0.2, -0.15) is 0 Å². The molecule has 0 radical (unpaired) electrons. The summed E-state index contributed by atoms with van der Waals surface area (Å²) < 4.78 is 11.1. The third kappa shape index (κ3) is 4.00. The topological polar surface area (TPSA) is 60.5 Å². The van der Waals surface area contributed by atoms with Crippen molar-refractivity contribution in [3.8, 4) is 11.5 Å². The zero-order chi connectivity index (χ0) is 16.1. The average Bonchev–Trinajstić information content (AvgIpc) is 2.60. The van der Waals surface area contributed by atoms with Gasteiger partial charge in [-0.05, 0) is 35.7 Å². The van der Waals surface area contributed by atoms with Crippen molar-refractivity contribution in [2.45, 2.75) is 25.8 Å². The molecule has 0 saturated heterocycles. The summed E-state index contributed by atoms with van der Waals surface area (Å²) in [5, 5.41) is 2.90. The third-order valence-electron chi connectivity index (χ3n) is 3.82. The van der Waals surface area contributed by atoms with Crippen molar-refractivity contribution in [3.05, 3.63) is 53.9 Å². The number of ether oxygens (including phenoxy) is 2. The van der Waals surface area contributed by atoms with Gasteiger partial charge in [0.05, 0.1) is 12.2 Å². The second-order valence-electron chi connectivity index (χ2n) is 5.61. The molecule has 23 heavy (non-hydrogen) atoms. The number of aromatic nitrogens is 1. The van der Waals surface area contributed by atoms with Crippen LogP contribution >= 0.6 is 0 Å². The lowest BCUT2D eigenvalue weighted by Crippen LogP contribution is -2.24. The molecule has 1 atom stereocenters. The molecule has 5 nitrogen and oxygen atoms in total. The minimum absolute atomic E-state index is 0.0121. The minimum Gasteiger partial charge on any atom is -0.486 e. The molecule has 1 amide bonds. The van der Waals surface area contributed by atoms with Gasteiger partial charge in [-0.1, -0.05) is 19.1 Å². The molecule has 1 aliphatic heterocycles. The van der Waals surface area contributed by atoms with Gasteiger partial charge in [-0.15, -0.1) is 0 Å². The number of fused-ring (bicyclic) bond motifs is 1. The Labute approximate surface area is 135 Å². The molecule has 0 bridgehead atoms. The van der Waals surface area contributed by atoms with E-state index in [0.717, 1.165) is 22.8 Å². The number of nitrogens with one attached hydrogen (secondary N) is 1. The molecule has 2 heterocycles. The summed E-state index contributed by atoms with van der Waals surface area (Å²) in [5.41, 5.74) is 1.93. The monoisotopic (exact) mass is 312 g/mol. The summed E-state index contributed by atoms with van der Waals surface area (Å²) in [6, 6.07) is 11.5.